The Labute approximate surface area is 235 Å². The topological polar surface area (TPSA) is 155 Å². The Kier molecular flexibility index (Phi) is 9.66. The van der Waals surface area contributed by atoms with Gasteiger partial charge in [0.05, 0.1) is 4.92 Å². The minimum absolute atomic E-state index is 0.0170. The van der Waals surface area contributed by atoms with Crippen molar-refractivity contribution in [3.05, 3.63) is 86.6 Å². The molecule has 0 atom stereocenters. The number of benzene rings is 2. The van der Waals surface area contributed by atoms with Crippen LogP contribution in [0.2, 0.25) is 0 Å². The molecule has 0 aliphatic heterocycles. The van der Waals surface area contributed by atoms with Gasteiger partial charge in [-0.05, 0) is 69.0 Å². The molecule has 0 spiro atoms. The maximum Gasteiger partial charge on any atom is 0.272 e. The van der Waals surface area contributed by atoms with E-state index in [1.54, 1.807) is 13.0 Å². The number of aryl methyl sites for hydroxylation is 1. The number of allylic oxidation sites excluding steroid dienone is 2. The first kappa shape index (κ1) is 29.2. The van der Waals surface area contributed by atoms with Crippen molar-refractivity contribution in [3.8, 4) is 12.1 Å². The minimum atomic E-state index is -0.461. The molecule has 0 aromatic heterocycles. The fourth-order valence-electron chi connectivity index (χ4n) is 3.43. The fourth-order valence-corrected chi connectivity index (χ4v) is 3.97. The molecule has 4 N–H and O–H groups in total. The second-order valence-corrected chi connectivity index (χ2v) is 9.78. The highest BCUT2D eigenvalue weighted by Crippen LogP contribution is 2.37. The Bertz CT molecular complexity index is 1450. The van der Waals surface area contributed by atoms with Gasteiger partial charge >= 0.3 is 0 Å². The second-order valence-electron chi connectivity index (χ2n) is 8.97. The Balaban J connectivity index is 0.000000218. The lowest BCUT2D eigenvalue weighted by molar-refractivity contribution is -0.385. The highest BCUT2D eigenvalue weighted by molar-refractivity contribution is 7.81. The van der Waals surface area contributed by atoms with Crippen molar-refractivity contribution in [2.45, 2.75) is 32.6 Å². The fraction of sp³-hybridized carbons (Fsp3) is 0.259. The van der Waals surface area contributed by atoms with Crippen molar-refractivity contribution >= 4 is 51.5 Å². The summed E-state index contributed by atoms with van der Waals surface area (Å²) in [5.74, 6) is -0.181. The molecule has 0 saturated heterocycles. The van der Waals surface area contributed by atoms with Crippen LogP contribution in [0.4, 0.5) is 21.5 Å². The van der Waals surface area contributed by atoms with Crippen molar-refractivity contribution in [2.24, 2.45) is 11.8 Å². The highest BCUT2D eigenvalue weighted by atomic mass is 32.1. The lowest BCUT2D eigenvalue weighted by Crippen LogP contribution is -2.14. The van der Waals surface area contributed by atoms with E-state index >= 15 is 0 Å². The van der Waals surface area contributed by atoms with Crippen molar-refractivity contribution in [3.63, 3.8) is 0 Å². The molecular weight excluding hydrogens is 541 g/mol. The average molecular weight is 566 g/mol. The quantitative estimate of drug-likeness (QED) is 0.0711. The summed E-state index contributed by atoms with van der Waals surface area (Å²) >= 11 is 10.2. The summed E-state index contributed by atoms with van der Waals surface area (Å²) in [5.41, 5.74) is 1.78. The maximum atomic E-state index is 12.7. The summed E-state index contributed by atoms with van der Waals surface area (Å²) in [6.07, 6.45) is 3.49. The standard InChI is InChI=1S/C14H13N3O3S.C13H11FN2OS/c1-8-6-10(4-5-12(8)17(19)20)16-14(21)11(7-15)13(18)9-2-3-9;14-9-3-5-10(6-4-9)16-13(18)11(7-15)12(17)8-1-2-8/h4-6,9,18H,2-3H2,1H3,(H,16,21);3-6,8,17H,1-2H2,(H,16,18). The predicted octanol–water partition coefficient (Wildman–Crippen LogP) is 6.70. The smallest absolute Gasteiger partial charge is 0.272 e. The third-order valence-electron chi connectivity index (χ3n) is 5.87. The number of aliphatic hydroxyl groups is 2. The number of hydrogen-bond acceptors (Lipinski definition) is 8. The van der Waals surface area contributed by atoms with Gasteiger partial charge in [0.15, 0.2) is 0 Å². The first-order valence-corrected chi connectivity index (χ1v) is 12.7. The molecule has 0 radical (unpaired) electrons. The second kappa shape index (κ2) is 12.9. The number of nitriles is 2. The molecule has 4 rings (SSSR count). The van der Waals surface area contributed by atoms with E-state index in [1.165, 1.54) is 36.4 Å². The van der Waals surface area contributed by atoms with Crippen LogP contribution in [0.5, 0.6) is 0 Å². The summed E-state index contributed by atoms with van der Waals surface area (Å²) in [4.78, 5) is 10.6. The van der Waals surface area contributed by atoms with E-state index in [-0.39, 0.29) is 56.0 Å². The third-order valence-corrected chi connectivity index (χ3v) is 6.48. The van der Waals surface area contributed by atoms with E-state index in [9.17, 15) is 24.7 Å². The molecular formula is C27H24FN5O4S2. The van der Waals surface area contributed by atoms with Gasteiger partial charge in [-0.3, -0.25) is 10.1 Å². The number of nitro benzene ring substituents is 1. The maximum absolute atomic E-state index is 12.7. The van der Waals surface area contributed by atoms with Gasteiger partial charge in [0.25, 0.3) is 5.69 Å². The van der Waals surface area contributed by atoms with Crippen LogP contribution in [-0.2, 0) is 0 Å². The average Bonchev–Trinajstić information content (AvgIpc) is 3.79. The van der Waals surface area contributed by atoms with Gasteiger partial charge in [-0.15, -0.1) is 0 Å². The molecule has 12 heteroatoms. The SMILES string of the molecule is Cc1cc(NC(=S)C(C#N)=C(O)C2CC2)ccc1[N+](=O)[O-].N#CC(C(=S)Nc1ccc(F)cc1)=C(O)C1CC1. The van der Waals surface area contributed by atoms with Crippen LogP contribution in [0.15, 0.2) is 65.1 Å². The minimum Gasteiger partial charge on any atom is -0.511 e. The molecule has 0 unspecified atom stereocenters. The summed E-state index contributed by atoms with van der Waals surface area (Å²) in [7, 11) is 0. The van der Waals surface area contributed by atoms with Crippen LogP contribution in [0.1, 0.15) is 31.2 Å². The van der Waals surface area contributed by atoms with Crippen LogP contribution < -0.4 is 10.6 Å². The van der Waals surface area contributed by atoms with Gasteiger partial charge in [-0.1, -0.05) is 24.4 Å². The number of nitrogens with one attached hydrogen (secondary N) is 2. The van der Waals surface area contributed by atoms with Crippen molar-refractivity contribution < 1.29 is 19.5 Å². The molecule has 2 aliphatic rings. The van der Waals surface area contributed by atoms with Crippen LogP contribution in [0.25, 0.3) is 0 Å². The number of anilines is 2. The number of nitro groups is 1. The monoisotopic (exact) mass is 565 g/mol. The van der Waals surface area contributed by atoms with Gasteiger partial charge in [-0.25, -0.2) is 4.39 Å². The predicted molar refractivity (Wildman–Crippen MR) is 153 cm³/mol. The zero-order valence-corrected chi connectivity index (χ0v) is 22.4. The number of hydrogen-bond donors (Lipinski definition) is 4. The Morgan fingerprint density at radius 2 is 1.36 bits per heavy atom. The number of thiocarbonyl (C=S) groups is 2. The van der Waals surface area contributed by atoms with Crippen molar-refractivity contribution in [1.29, 1.82) is 10.5 Å². The lowest BCUT2D eigenvalue weighted by atomic mass is 10.1. The van der Waals surface area contributed by atoms with Gasteiger partial charge < -0.3 is 20.8 Å². The van der Waals surface area contributed by atoms with Crippen molar-refractivity contribution in [2.75, 3.05) is 10.6 Å². The Hall–Kier alpha value is -4.39. The zero-order chi connectivity index (χ0) is 28.7. The molecule has 2 fully saturated rings. The van der Waals surface area contributed by atoms with Gasteiger partial charge in [0, 0.05) is 34.8 Å². The Morgan fingerprint density at radius 3 is 1.74 bits per heavy atom. The number of rotatable bonds is 7. The molecule has 39 heavy (non-hydrogen) atoms. The van der Waals surface area contributed by atoms with Crippen LogP contribution >= 0.6 is 24.4 Å². The number of aliphatic hydroxyl groups excluding tert-OH is 2. The molecule has 0 bridgehead atoms. The summed E-state index contributed by atoms with van der Waals surface area (Å²) in [5, 5.41) is 54.2. The first-order chi connectivity index (χ1) is 18.5. The van der Waals surface area contributed by atoms with Gasteiger partial charge in [-0.2, -0.15) is 10.5 Å². The Morgan fingerprint density at radius 1 is 0.923 bits per heavy atom. The van der Waals surface area contributed by atoms with E-state index in [0.29, 0.717) is 16.9 Å². The van der Waals surface area contributed by atoms with E-state index in [4.69, 9.17) is 35.0 Å². The van der Waals surface area contributed by atoms with Gasteiger partial charge in [0.2, 0.25) is 0 Å². The molecule has 2 saturated carbocycles. The zero-order valence-electron chi connectivity index (χ0n) is 20.8. The largest absolute Gasteiger partial charge is 0.511 e. The van der Waals surface area contributed by atoms with Crippen molar-refractivity contribution in [1.82, 2.24) is 0 Å². The van der Waals surface area contributed by atoms with Crippen LogP contribution in [0.3, 0.4) is 0 Å². The lowest BCUT2D eigenvalue weighted by Gasteiger charge is -2.09. The first-order valence-electron chi connectivity index (χ1n) is 11.9. The highest BCUT2D eigenvalue weighted by Gasteiger charge is 2.30. The van der Waals surface area contributed by atoms with E-state index in [0.717, 1.165) is 25.7 Å². The molecule has 2 aromatic carbocycles. The van der Waals surface area contributed by atoms with Gasteiger partial charge in [0.1, 0.15) is 50.6 Å². The van der Waals surface area contributed by atoms with E-state index in [2.05, 4.69) is 10.6 Å². The third kappa shape index (κ3) is 8.04. The molecule has 0 amide bonds. The molecule has 9 nitrogen and oxygen atoms in total. The summed E-state index contributed by atoms with van der Waals surface area (Å²) in [6, 6.07) is 13.9. The normalized spacial score (nSPS) is 15.2. The number of nitrogens with zero attached hydrogens (tertiary/aromatic N) is 3. The summed E-state index contributed by atoms with van der Waals surface area (Å²) in [6.45, 7) is 1.62. The summed E-state index contributed by atoms with van der Waals surface area (Å²) < 4.78 is 12.7. The van der Waals surface area contributed by atoms with Crippen LogP contribution in [0, 0.1) is 57.4 Å². The molecule has 200 valence electrons. The van der Waals surface area contributed by atoms with Crippen LogP contribution in [-0.4, -0.2) is 25.1 Å². The van der Waals surface area contributed by atoms with E-state index < -0.39 is 4.92 Å². The molecule has 0 heterocycles. The van der Waals surface area contributed by atoms with E-state index in [1.807, 2.05) is 12.1 Å². The number of halogens is 1. The molecule has 2 aliphatic carbocycles. The molecule has 2 aromatic rings.